The molecule has 0 fully saturated rings. The van der Waals surface area contributed by atoms with E-state index >= 15 is 0 Å². The second kappa shape index (κ2) is 52.8. The highest BCUT2D eigenvalue weighted by Crippen LogP contribution is 1.61. The SMILES string of the molecule is CCCO.CCCO.CCO.CCO. The normalized spacial score (nSPS) is 6.86. The summed E-state index contributed by atoms with van der Waals surface area (Å²) in [6, 6.07) is 0. The molecule has 0 aromatic heterocycles. The second-order valence-electron chi connectivity index (χ2n) is 2.08. The van der Waals surface area contributed by atoms with Crippen LogP contribution in [0.5, 0.6) is 0 Å². The summed E-state index contributed by atoms with van der Waals surface area (Å²) in [5.41, 5.74) is 0. The summed E-state index contributed by atoms with van der Waals surface area (Å²) >= 11 is 0. The predicted molar refractivity (Wildman–Crippen MR) is 60.3 cm³/mol. The molecule has 0 atom stereocenters. The molecule has 92 valence electrons. The van der Waals surface area contributed by atoms with E-state index in [9.17, 15) is 0 Å². The molecule has 0 unspecified atom stereocenters. The molecule has 0 bridgehead atoms. The summed E-state index contributed by atoms with van der Waals surface area (Å²) in [6.45, 7) is 8.36. The van der Waals surface area contributed by atoms with E-state index in [2.05, 4.69) is 0 Å². The van der Waals surface area contributed by atoms with E-state index in [0.29, 0.717) is 13.2 Å². The monoisotopic (exact) mass is 212 g/mol. The number of aliphatic hydroxyl groups excluding tert-OH is 4. The van der Waals surface area contributed by atoms with Crippen molar-refractivity contribution in [3.8, 4) is 0 Å². The van der Waals surface area contributed by atoms with Crippen molar-refractivity contribution in [3.05, 3.63) is 0 Å². The van der Waals surface area contributed by atoms with Crippen LogP contribution in [0, 0.1) is 0 Å². The van der Waals surface area contributed by atoms with Crippen molar-refractivity contribution >= 4 is 0 Å². The lowest BCUT2D eigenvalue weighted by Crippen LogP contribution is -1.69. The average Bonchev–Trinajstić information content (AvgIpc) is 2.20. The summed E-state index contributed by atoms with van der Waals surface area (Å²) in [4.78, 5) is 0. The molecule has 0 saturated carbocycles. The zero-order chi connectivity index (χ0) is 12.2. The molecule has 0 aliphatic rings. The van der Waals surface area contributed by atoms with Gasteiger partial charge in [0.05, 0.1) is 0 Å². The molecule has 0 saturated heterocycles. The van der Waals surface area contributed by atoms with E-state index in [1.54, 1.807) is 13.8 Å². The molecule has 0 amide bonds. The Balaban J connectivity index is -0.0000000482. The van der Waals surface area contributed by atoms with Crippen molar-refractivity contribution in [1.82, 2.24) is 0 Å². The number of hydrogen-bond donors (Lipinski definition) is 4. The van der Waals surface area contributed by atoms with Gasteiger partial charge in [-0.15, -0.1) is 0 Å². The largest absolute Gasteiger partial charge is 0.397 e. The summed E-state index contributed by atoms with van der Waals surface area (Å²) < 4.78 is 0. The van der Waals surface area contributed by atoms with Gasteiger partial charge in [-0.1, -0.05) is 13.8 Å². The molecule has 0 aliphatic heterocycles. The predicted octanol–water partition coefficient (Wildman–Crippen LogP) is 0.775. The Morgan fingerprint density at radius 1 is 0.571 bits per heavy atom. The maximum Gasteiger partial charge on any atom is 0.0428 e. The lowest BCUT2D eigenvalue weighted by Gasteiger charge is -1.69. The van der Waals surface area contributed by atoms with Crippen molar-refractivity contribution in [1.29, 1.82) is 0 Å². The van der Waals surface area contributed by atoms with Crippen LogP contribution in [0.1, 0.15) is 40.5 Å². The Hall–Kier alpha value is -0.160. The maximum atomic E-state index is 7.88. The molecular formula is C10H28O4. The van der Waals surface area contributed by atoms with Crippen LogP contribution in [0.25, 0.3) is 0 Å². The highest BCUT2D eigenvalue weighted by Gasteiger charge is 1.57. The van der Waals surface area contributed by atoms with Crippen molar-refractivity contribution in [3.63, 3.8) is 0 Å². The van der Waals surface area contributed by atoms with Gasteiger partial charge in [0.2, 0.25) is 0 Å². The maximum absolute atomic E-state index is 7.88. The first-order valence-electron chi connectivity index (χ1n) is 5.09. The van der Waals surface area contributed by atoms with Gasteiger partial charge in [0.25, 0.3) is 0 Å². The topological polar surface area (TPSA) is 80.9 Å². The van der Waals surface area contributed by atoms with Crippen molar-refractivity contribution in [2.24, 2.45) is 0 Å². The number of aliphatic hydroxyl groups is 4. The Bertz CT molecular complexity index is 33.1. The van der Waals surface area contributed by atoms with E-state index < -0.39 is 0 Å². The van der Waals surface area contributed by atoms with Crippen LogP contribution in [0.15, 0.2) is 0 Å². The Labute approximate surface area is 88.2 Å². The first-order chi connectivity index (χ1) is 6.66. The van der Waals surface area contributed by atoms with Crippen molar-refractivity contribution in [2.75, 3.05) is 26.4 Å². The number of hydrogen-bond acceptors (Lipinski definition) is 4. The van der Waals surface area contributed by atoms with E-state index in [1.165, 1.54) is 0 Å². The fraction of sp³-hybridized carbons (Fsp3) is 1.00. The molecule has 0 radical (unpaired) electrons. The van der Waals surface area contributed by atoms with Gasteiger partial charge in [-0.05, 0) is 26.7 Å². The van der Waals surface area contributed by atoms with E-state index in [1.807, 2.05) is 13.8 Å². The Kier molecular flexibility index (Phi) is 88.8. The first kappa shape index (κ1) is 23.6. The van der Waals surface area contributed by atoms with Crippen molar-refractivity contribution < 1.29 is 20.4 Å². The summed E-state index contributed by atoms with van der Waals surface area (Å²) in [5.74, 6) is 0. The molecule has 0 aromatic carbocycles. The minimum Gasteiger partial charge on any atom is -0.397 e. The molecule has 0 spiro atoms. The third kappa shape index (κ3) is 411. The van der Waals surface area contributed by atoms with Gasteiger partial charge in [-0.25, -0.2) is 0 Å². The van der Waals surface area contributed by atoms with Crippen LogP contribution < -0.4 is 0 Å². The molecule has 4 nitrogen and oxygen atoms in total. The van der Waals surface area contributed by atoms with Gasteiger partial charge in [-0.2, -0.15) is 0 Å². The molecular weight excluding hydrogens is 184 g/mol. The molecule has 0 rings (SSSR count). The summed E-state index contributed by atoms with van der Waals surface area (Å²) in [7, 11) is 0. The summed E-state index contributed by atoms with van der Waals surface area (Å²) in [6.07, 6.45) is 1.75. The van der Waals surface area contributed by atoms with E-state index in [0.717, 1.165) is 12.8 Å². The molecule has 0 aromatic rings. The lowest BCUT2D eigenvalue weighted by atomic mass is 10.5. The highest BCUT2D eigenvalue weighted by atomic mass is 16.3. The summed E-state index contributed by atoms with van der Waals surface area (Å²) in [5, 5.41) is 30.9. The minimum absolute atomic E-state index is 0.250. The fourth-order valence-corrected chi connectivity index (χ4v) is 0. The first-order valence-corrected chi connectivity index (χ1v) is 5.09. The third-order valence-corrected chi connectivity index (χ3v) is 0.447. The van der Waals surface area contributed by atoms with Gasteiger partial charge >= 0.3 is 0 Å². The quantitative estimate of drug-likeness (QED) is 0.545. The fourth-order valence-electron chi connectivity index (χ4n) is 0. The number of rotatable bonds is 2. The molecule has 14 heavy (non-hydrogen) atoms. The Morgan fingerprint density at radius 3 is 0.643 bits per heavy atom. The average molecular weight is 212 g/mol. The van der Waals surface area contributed by atoms with Crippen molar-refractivity contribution in [2.45, 2.75) is 40.5 Å². The lowest BCUT2D eigenvalue weighted by molar-refractivity contribution is 0.294. The molecule has 4 heteroatoms. The van der Waals surface area contributed by atoms with Crippen LogP contribution >= 0.6 is 0 Å². The Morgan fingerprint density at radius 2 is 0.643 bits per heavy atom. The molecule has 4 N–H and O–H groups in total. The standard InChI is InChI=1S/2C3H8O.2C2H6O/c2*1-2-3-4;2*1-2-3/h2*4H,2-3H2,1H3;2*3H,2H2,1H3. The van der Waals surface area contributed by atoms with E-state index in [-0.39, 0.29) is 13.2 Å². The smallest absolute Gasteiger partial charge is 0.0428 e. The highest BCUT2D eigenvalue weighted by molar-refractivity contribution is 4.10. The zero-order valence-electron chi connectivity index (χ0n) is 10.0. The molecule has 0 aliphatic carbocycles. The van der Waals surface area contributed by atoms with Crippen LogP contribution in [-0.2, 0) is 0 Å². The van der Waals surface area contributed by atoms with E-state index in [4.69, 9.17) is 20.4 Å². The van der Waals surface area contributed by atoms with Crippen LogP contribution in [-0.4, -0.2) is 46.9 Å². The second-order valence-corrected chi connectivity index (χ2v) is 2.08. The van der Waals surface area contributed by atoms with Gasteiger partial charge in [0.15, 0.2) is 0 Å². The van der Waals surface area contributed by atoms with Crippen LogP contribution in [0.2, 0.25) is 0 Å². The van der Waals surface area contributed by atoms with Gasteiger partial charge in [0.1, 0.15) is 0 Å². The molecule has 0 heterocycles. The third-order valence-electron chi connectivity index (χ3n) is 0.447. The van der Waals surface area contributed by atoms with Gasteiger partial charge in [0, 0.05) is 26.4 Å². The van der Waals surface area contributed by atoms with Crippen LogP contribution in [0.3, 0.4) is 0 Å². The minimum atomic E-state index is 0.250. The van der Waals surface area contributed by atoms with Gasteiger partial charge in [-0.3, -0.25) is 0 Å². The van der Waals surface area contributed by atoms with Crippen LogP contribution in [0.4, 0.5) is 0 Å². The zero-order valence-corrected chi connectivity index (χ0v) is 10.0. The van der Waals surface area contributed by atoms with Gasteiger partial charge < -0.3 is 20.4 Å².